The maximum atomic E-state index is 11.5. The quantitative estimate of drug-likeness (QED) is 0.155. The van der Waals surface area contributed by atoms with Gasteiger partial charge in [-0.1, -0.05) is 77.2 Å². The lowest BCUT2D eigenvalue weighted by Gasteiger charge is -2.06. The number of rotatable bonds is 17. The number of allylic oxidation sites excluding steroid dienone is 4. The van der Waals surface area contributed by atoms with E-state index in [9.17, 15) is 4.79 Å². The van der Waals surface area contributed by atoms with Crippen molar-refractivity contribution in [3.05, 3.63) is 24.3 Å². The van der Waals surface area contributed by atoms with Crippen LogP contribution < -0.4 is 0 Å². The summed E-state index contributed by atoms with van der Waals surface area (Å²) in [5.41, 5.74) is 0. The molecule has 0 unspecified atom stereocenters. The molecule has 0 fully saturated rings. The first-order valence-corrected chi connectivity index (χ1v) is 10.6. The molecule has 0 aliphatic heterocycles. The standard InChI is InChI=1S/C23H42O2/c1-4-5-6-7-8-9-10-11-12-13-14-15-16-17-18-19-23(24)25-21-20-22(2)3/h8-9,11-12,22H,4-7,10,13-21H2,1-3H3. The zero-order chi connectivity index (χ0) is 18.6. The Balaban J connectivity index is 3.27. The fraction of sp³-hybridized carbons (Fsp3) is 0.783. The molecule has 0 heterocycles. The Morgan fingerprint density at radius 3 is 2.08 bits per heavy atom. The largest absolute Gasteiger partial charge is 0.466 e. The molecule has 0 N–H and O–H groups in total. The van der Waals surface area contributed by atoms with Crippen LogP contribution in [-0.2, 0) is 9.53 Å². The molecule has 0 aliphatic rings. The monoisotopic (exact) mass is 350 g/mol. The van der Waals surface area contributed by atoms with Crippen LogP contribution >= 0.6 is 0 Å². The molecule has 2 nitrogen and oxygen atoms in total. The average Bonchev–Trinajstić information content (AvgIpc) is 2.58. The molecule has 0 rings (SSSR count). The van der Waals surface area contributed by atoms with E-state index in [-0.39, 0.29) is 5.97 Å². The minimum absolute atomic E-state index is 0.0219. The zero-order valence-corrected chi connectivity index (χ0v) is 17.1. The van der Waals surface area contributed by atoms with Crippen molar-refractivity contribution in [3.8, 4) is 0 Å². The Bertz CT molecular complexity index is 342. The van der Waals surface area contributed by atoms with Gasteiger partial charge in [0.1, 0.15) is 0 Å². The second-order valence-corrected chi connectivity index (χ2v) is 7.38. The second kappa shape index (κ2) is 19.3. The summed E-state index contributed by atoms with van der Waals surface area (Å²) in [7, 11) is 0. The van der Waals surface area contributed by atoms with Crippen molar-refractivity contribution in [1.82, 2.24) is 0 Å². The maximum absolute atomic E-state index is 11.5. The molecular formula is C23H42O2. The highest BCUT2D eigenvalue weighted by Gasteiger charge is 2.03. The van der Waals surface area contributed by atoms with Crippen LogP contribution in [0.3, 0.4) is 0 Å². The third-order valence-corrected chi connectivity index (χ3v) is 4.29. The predicted octanol–water partition coefficient (Wildman–Crippen LogP) is 7.39. The van der Waals surface area contributed by atoms with Crippen LogP contribution in [0.4, 0.5) is 0 Å². The molecule has 0 saturated heterocycles. The Morgan fingerprint density at radius 1 is 0.840 bits per heavy atom. The van der Waals surface area contributed by atoms with E-state index in [1.807, 2.05) is 0 Å². The molecule has 0 aromatic heterocycles. The van der Waals surface area contributed by atoms with Crippen LogP contribution in [-0.4, -0.2) is 12.6 Å². The normalized spacial score (nSPS) is 11.8. The van der Waals surface area contributed by atoms with Gasteiger partial charge in [-0.2, -0.15) is 0 Å². The summed E-state index contributed by atoms with van der Waals surface area (Å²) in [6.45, 7) is 7.12. The van der Waals surface area contributed by atoms with Crippen LogP contribution in [0.15, 0.2) is 24.3 Å². The van der Waals surface area contributed by atoms with E-state index in [0.717, 1.165) is 25.7 Å². The number of hydrogen-bond acceptors (Lipinski definition) is 2. The first kappa shape index (κ1) is 23.9. The number of hydrogen-bond donors (Lipinski definition) is 0. The van der Waals surface area contributed by atoms with Crippen molar-refractivity contribution in [2.75, 3.05) is 6.61 Å². The highest BCUT2D eigenvalue weighted by Crippen LogP contribution is 2.09. The molecule has 0 bridgehead atoms. The van der Waals surface area contributed by atoms with Crippen molar-refractivity contribution in [1.29, 1.82) is 0 Å². The van der Waals surface area contributed by atoms with Gasteiger partial charge in [0.25, 0.3) is 0 Å². The van der Waals surface area contributed by atoms with E-state index in [4.69, 9.17) is 4.74 Å². The second-order valence-electron chi connectivity index (χ2n) is 7.38. The molecule has 0 aliphatic carbocycles. The van der Waals surface area contributed by atoms with Crippen molar-refractivity contribution < 1.29 is 9.53 Å². The van der Waals surface area contributed by atoms with Crippen LogP contribution in [0.1, 0.15) is 104 Å². The lowest BCUT2D eigenvalue weighted by molar-refractivity contribution is -0.144. The van der Waals surface area contributed by atoms with Gasteiger partial charge in [0, 0.05) is 6.42 Å². The van der Waals surface area contributed by atoms with Crippen molar-refractivity contribution in [2.24, 2.45) is 5.92 Å². The molecule has 0 spiro atoms. The first-order valence-electron chi connectivity index (χ1n) is 10.6. The van der Waals surface area contributed by atoms with Crippen LogP contribution in [0.2, 0.25) is 0 Å². The number of carbonyl (C=O) groups excluding carboxylic acids is 1. The molecule has 0 amide bonds. The summed E-state index contributed by atoms with van der Waals surface area (Å²) in [6.07, 6.45) is 24.1. The van der Waals surface area contributed by atoms with Crippen LogP contribution in [0, 0.1) is 5.92 Å². The van der Waals surface area contributed by atoms with Gasteiger partial charge in [0.15, 0.2) is 0 Å². The zero-order valence-electron chi connectivity index (χ0n) is 17.1. The van der Waals surface area contributed by atoms with Gasteiger partial charge < -0.3 is 4.74 Å². The lowest BCUT2D eigenvalue weighted by Crippen LogP contribution is -2.07. The van der Waals surface area contributed by atoms with Gasteiger partial charge in [-0.15, -0.1) is 0 Å². The van der Waals surface area contributed by atoms with Crippen LogP contribution in [0.5, 0.6) is 0 Å². The average molecular weight is 351 g/mol. The van der Waals surface area contributed by atoms with Gasteiger partial charge in [-0.05, 0) is 50.9 Å². The van der Waals surface area contributed by atoms with Crippen molar-refractivity contribution >= 4 is 5.97 Å². The van der Waals surface area contributed by atoms with E-state index < -0.39 is 0 Å². The molecule has 0 atom stereocenters. The number of esters is 1. The fourth-order valence-corrected chi connectivity index (χ4v) is 2.56. The van der Waals surface area contributed by atoms with Gasteiger partial charge in [0.2, 0.25) is 0 Å². The summed E-state index contributed by atoms with van der Waals surface area (Å²) in [4.78, 5) is 11.5. The summed E-state index contributed by atoms with van der Waals surface area (Å²) >= 11 is 0. The van der Waals surface area contributed by atoms with Crippen molar-refractivity contribution in [3.63, 3.8) is 0 Å². The van der Waals surface area contributed by atoms with Gasteiger partial charge >= 0.3 is 5.97 Å². The molecule has 146 valence electrons. The Morgan fingerprint density at radius 2 is 1.44 bits per heavy atom. The predicted molar refractivity (Wildman–Crippen MR) is 110 cm³/mol. The van der Waals surface area contributed by atoms with E-state index in [0.29, 0.717) is 18.9 Å². The summed E-state index contributed by atoms with van der Waals surface area (Å²) in [6, 6.07) is 0. The highest BCUT2D eigenvalue weighted by molar-refractivity contribution is 5.69. The molecule has 0 saturated carbocycles. The smallest absolute Gasteiger partial charge is 0.305 e. The molecule has 2 heteroatoms. The Kier molecular flexibility index (Phi) is 18.5. The fourth-order valence-electron chi connectivity index (χ4n) is 2.56. The minimum Gasteiger partial charge on any atom is -0.466 e. The van der Waals surface area contributed by atoms with E-state index in [2.05, 4.69) is 45.1 Å². The third kappa shape index (κ3) is 20.9. The van der Waals surface area contributed by atoms with Gasteiger partial charge in [-0.25, -0.2) is 0 Å². The molecule has 0 radical (unpaired) electrons. The first-order chi connectivity index (χ1) is 12.2. The van der Waals surface area contributed by atoms with Gasteiger partial charge in [0.05, 0.1) is 6.61 Å². The minimum atomic E-state index is -0.0219. The van der Waals surface area contributed by atoms with E-state index >= 15 is 0 Å². The highest BCUT2D eigenvalue weighted by atomic mass is 16.5. The molecular weight excluding hydrogens is 308 g/mol. The molecule has 0 aromatic carbocycles. The Labute approximate surface area is 157 Å². The number of ether oxygens (including phenoxy) is 1. The van der Waals surface area contributed by atoms with Crippen molar-refractivity contribution in [2.45, 2.75) is 104 Å². The number of unbranched alkanes of at least 4 members (excludes halogenated alkanes) is 8. The van der Waals surface area contributed by atoms with Crippen LogP contribution in [0.25, 0.3) is 0 Å². The van der Waals surface area contributed by atoms with E-state index in [1.165, 1.54) is 51.4 Å². The third-order valence-electron chi connectivity index (χ3n) is 4.29. The number of carbonyl (C=O) groups is 1. The SMILES string of the molecule is CCCCCC=CCC=CCCCCCCCC(=O)OCCC(C)C. The lowest BCUT2D eigenvalue weighted by atomic mass is 10.1. The molecule has 25 heavy (non-hydrogen) atoms. The molecule has 0 aromatic rings. The Hall–Kier alpha value is -1.05. The summed E-state index contributed by atoms with van der Waals surface area (Å²) in [5, 5.41) is 0. The maximum Gasteiger partial charge on any atom is 0.305 e. The topological polar surface area (TPSA) is 26.3 Å². The summed E-state index contributed by atoms with van der Waals surface area (Å²) < 4.78 is 5.22. The van der Waals surface area contributed by atoms with E-state index in [1.54, 1.807) is 0 Å². The summed E-state index contributed by atoms with van der Waals surface area (Å²) in [5.74, 6) is 0.579. The van der Waals surface area contributed by atoms with Gasteiger partial charge in [-0.3, -0.25) is 4.79 Å².